The number of phenolic OH excluding ortho intramolecular Hbond substituents is 1. The Morgan fingerprint density at radius 3 is 2.43 bits per heavy atom. The first-order valence-corrected chi connectivity index (χ1v) is 4.33. The van der Waals surface area contributed by atoms with Crippen LogP contribution in [-0.4, -0.2) is 18.1 Å². The number of likely N-dealkylation sites (N-methyl/N-ethyl adjacent to an activating group) is 1. The van der Waals surface area contributed by atoms with Crippen molar-refractivity contribution in [3.63, 3.8) is 0 Å². The van der Waals surface area contributed by atoms with Gasteiger partial charge in [-0.3, -0.25) is 4.79 Å². The first kappa shape index (κ1) is 10.3. The average Bonchev–Trinajstić information content (AvgIpc) is 2.18. The van der Waals surface area contributed by atoms with Crippen LogP contribution in [0.15, 0.2) is 30.3 Å². The van der Waals surface area contributed by atoms with E-state index in [1.165, 1.54) is 6.08 Å². The fourth-order valence-electron chi connectivity index (χ4n) is 1.08. The SMILES string of the molecule is CNC(=O)/C=C(\C)c1ccc(O)cc1. The van der Waals surface area contributed by atoms with E-state index in [1.807, 2.05) is 6.92 Å². The van der Waals surface area contributed by atoms with Crippen LogP contribution in [0.25, 0.3) is 5.57 Å². The van der Waals surface area contributed by atoms with Crippen LogP contribution in [0.1, 0.15) is 12.5 Å². The monoisotopic (exact) mass is 191 g/mol. The van der Waals surface area contributed by atoms with E-state index in [1.54, 1.807) is 31.3 Å². The molecule has 0 aliphatic carbocycles. The van der Waals surface area contributed by atoms with Crippen molar-refractivity contribution in [2.45, 2.75) is 6.92 Å². The zero-order valence-electron chi connectivity index (χ0n) is 8.24. The minimum absolute atomic E-state index is 0.129. The van der Waals surface area contributed by atoms with Gasteiger partial charge in [0.1, 0.15) is 5.75 Å². The molecule has 0 heterocycles. The summed E-state index contributed by atoms with van der Waals surface area (Å²) in [6.45, 7) is 1.85. The Morgan fingerprint density at radius 1 is 1.36 bits per heavy atom. The molecule has 1 aromatic carbocycles. The fourth-order valence-corrected chi connectivity index (χ4v) is 1.08. The molecule has 1 amide bonds. The molecule has 2 N–H and O–H groups in total. The quantitative estimate of drug-likeness (QED) is 0.697. The highest BCUT2D eigenvalue weighted by Gasteiger charge is 1.98. The molecule has 3 nitrogen and oxygen atoms in total. The van der Waals surface area contributed by atoms with E-state index >= 15 is 0 Å². The van der Waals surface area contributed by atoms with E-state index in [4.69, 9.17) is 5.11 Å². The Labute approximate surface area is 83.1 Å². The second kappa shape index (κ2) is 4.46. The molecule has 0 unspecified atom stereocenters. The molecule has 0 saturated carbocycles. The number of carbonyl (C=O) groups is 1. The predicted molar refractivity (Wildman–Crippen MR) is 55.8 cm³/mol. The molecule has 0 spiro atoms. The third kappa shape index (κ3) is 2.62. The largest absolute Gasteiger partial charge is 0.508 e. The third-order valence-electron chi connectivity index (χ3n) is 1.92. The average molecular weight is 191 g/mol. The molecule has 74 valence electrons. The van der Waals surface area contributed by atoms with E-state index in [0.717, 1.165) is 11.1 Å². The van der Waals surface area contributed by atoms with Gasteiger partial charge in [0, 0.05) is 13.1 Å². The normalized spacial score (nSPS) is 11.1. The van der Waals surface area contributed by atoms with Crippen LogP contribution in [0, 0.1) is 0 Å². The van der Waals surface area contributed by atoms with Crippen molar-refractivity contribution in [2.75, 3.05) is 7.05 Å². The number of allylic oxidation sites excluding steroid dienone is 1. The minimum atomic E-state index is -0.129. The van der Waals surface area contributed by atoms with Gasteiger partial charge in [0.05, 0.1) is 0 Å². The van der Waals surface area contributed by atoms with Crippen LogP contribution in [-0.2, 0) is 4.79 Å². The Morgan fingerprint density at radius 2 is 1.93 bits per heavy atom. The lowest BCUT2D eigenvalue weighted by Gasteiger charge is -2.01. The van der Waals surface area contributed by atoms with Crippen molar-refractivity contribution in [3.8, 4) is 5.75 Å². The molecule has 0 radical (unpaired) electrons. The van der Waals surface area contributed by atoms with Crippen molar-refractivity contribution in [1.82, 2.24) is 5.32 Å². The maximum atomic E-state index is 11.0. The summed E-state index contributed by atoms with van der Waals surface area (Å²) >= 11 is 0. The summed E-state index contributed by atoms with van der Waals surface area (Å²) in [5.74, 6) is 0.0945. The van der Waals surface area contributed by atoms with Gasteiger partial charge in [-0.1, -0.05) is 12.1 Å². The van der Waals surface area contributed by atoms with Gasteiger partial charge in [-0.25, -0.2) is 0 Å². The van der Waals surface area contributed by atoms with Gasteiger partial charge in [-0.2, -0.15) is 0 Å². The predicted octanol–water partition coefficient (Wildman–Crippen LogP) is 1.54. The molecule has 0 aromatic heterocycles. The van der Waals surface area contributed by atoms with E-state index in [-0.39, 0.29) is 11.7 Å². The Kier molecular flexibility index (Phi) is 3.29. The molecule has 14 heavy (non-hydrogen) atoms. The van der Waals surface area contributed by atoms with Crippen molar-refractivity contribution in [3.05, 3.63) is 35.9 Å². The summed E-state index contributed by atoms with van der Waals surface area (Å²) in [7, 11) is 1.59. The van der Waals surface area contributed by atoms with Crippen LogP contribution in [0.3, 0.4) is 0 Å². The lowest BCUT2D eigenvalue weighted by Crippen LogP contribution is -2.14. The highest BCUT2D eigenvalue weighted by atomic mass is 16.3. The van der Waals surface area contributed by atoms with Crippen molar-refractivity contribution in [1.29, 1.82) is 0 Å². The van der Waals surface area contributed by atoms with E-state index in [0.29, 0.717) is 0 Å². The molecular formula is C11H13NO2. The summed E-state index contributed by atoms with van der Waals surface area (Å²) in [5, 5.41) is 11.6. The van der Waals surface area contributed by atoms with Gasteiger partial charge in [0.2, 0.25) is 5.91 Å². The first-order valence-electron chi connectivity index (χ1n) is 4.33. The summed E-state index contributed by atoms with van der Waals surface area (Å²) in [5.41, 5.74) is 1.79. The first-order chi connectivity index (χ1) is 6.63. The molecule has 1 aromatic rings. The van der Waals surface area contributed by atoms with Crippen LogP contribution in [0.5, 0.6) is 5.75 Å². The summed E-state index contributed by atoms with van der Waals surface area (Å²) in [6, 6.07) is 6.72. The lowest BCUT2D eigenvalue weighted by molar-refractivity contribution is -0.116. The van der Waals surface area contributed by atoms with E-state index in [9.17, 15) is 4.79 Å². The molecule has 3 heteroatoms. The third-order valence-corrected chi connectivity index (χ3v) is 1.92. The van der Waals surface area contributed by atoms with E-state index < -0.39 is 0 Å². The van der Waals surface area contributed by atoms with Gasteiger partial charge in [-0.15, -0.1) is 0 Å². The Balaban J connectivity index is 2.89. The number of nitrogens with one attached hydrogen (secondary N) is 1. The van der Waals surface area contributed by atoms with Gasteiger partial charge < -0.3 is 10.4 Å². The van der Waals surface area contributed by atoms with Gasteiger partial charge in [0.25, 0.3) is 0 Å². The van der Waals surface area contributed by atoms with Crippen LogP contribution >= 0.6 is 0 Å². The highest BCUT2D eigenvalue weighted by molar-refractivity contribution is 5.94. The maximum Gasteiger partial charge on any atom is 0.244 e. The molecule has 0 atom stereocenters. The standard InChI is InChI=1S/C11H13NO2/c1-8(7-11(14)12-2)9-3-5-10(13)6-4-9/h3-7,13H,1-2H3,(H,12,14)/b8-7+. The number of rotatable bonds is 2. The number of carbonyl (C=O) groups excluding carboxylic acids is 1. The fraction of sp³-hybridized carbons (Fsp3) is 0.182. The van der Waals surface area contributed by atoms with Crippen LogP contribution in [0.2, 0.25) is 0 Å². The number of hydrogen-bond donors (Lipinski definition) is 2. The molecule has 0 saturated heterocycles. The molecular weight excluding hydrogens is 178 g/mol. The second-order valence-electron chi connectivity index (χ2n) is 2.99. The van der Waals surface area contributed by atoms with Gasteiger partial charge >= 0.3 is 0 Å². The molecule has 1 rings (SSSR count). The number of benzene rings is 1. The number of amides is 1. The molecule has 0 aliphatic rings. The molecule has 0 fully saturated rings. The van der Waals surface area contributed by atoms with Crippen LogP contribution < -0.4 is 5.32 Å². The van der Waals surface area contributed by atoms with Crippen molar-refractivity contribution < 1.29 is 9.90 Å². The van der Waals surface area contributed by atoms with Crippen molar-refractivity contribution >= 4 is 11.5 Å². The zero-order valence-corrected chi connectivity index (χ0v) is 8.24. The maximum absolute atomic E-state index is 11.0. The zero-order chi connectivity index (χ0) is 10.6. The smallest absolute Gasteiger partial charge is 0.244 e. The molecule has 0 aliphatic heterocycles. The minimum Gasteiger partial charge on any atom is -0.508 e. The van der Waals surface area contributed by atoms with E-state index in [2.05, 4.69) is 5.32 Å². The van der Waals surface area contributed by atoms with Crippen LogP contribution in [0.4, 0.5) is 0 Å². The second-order valence-corrected chi connectivity index (χ2v) is 2.99. The number of hydrogen-bond acceptors (Lipinski definition) is 2. The summed E-state index contributed by atoms with van der Waals surface area (Å²) < 4.78 is 0. The topological polar surface area (TPSA) is 49.3 Å². The van der Waals surface area contributed by atoms with Gasteiger partial charge in [-0.05, 0) is 30.2 Å². The van der Waals surface area contributed by atoms with Crippen molar-refractivity contribution in [2.24, 2.45) is 0 Å². The highest BCUT2D eigenvalue weighted by Crippen LogP contribution is 2.16. The summed E-state index contributed by atoms with van der Waals surface area (Å²) in [6.07, 6.45) is 1.52. The molecule has 0 bridgehead atoms. The Hall–Kier alpha value is -1.77. The summed E-state index contributed by atoms with van der Waals surface area (Å²) in [4.78, 5) is 11.0. The van der Waals surface area contributed by atoms with Gasteiger partial charge in [0.15, 0.2) is 0 Å². The Bertz CT molecular complexity index is 352. The number of aromatic hydroxyl groups is 1. The lowest BCUT2D eigenvalue weighted by atomic mass is 10.1. The number of phenols is 1.